The van der Waals surface area contributed by atoms with Crippen molar-refractivity contribution in [3.63, 3.8) is 0 Å². The minimum absolute atomic E-state index is 0.540. The van der Waals surface area contributed by atoms with Gasteiger partial charge in [-0.15, -0.1) is 5.10 Å². The molecule has 0 aromatic carbocycles. The third kappa shape index (κ3) is 3.58. The summed E-state index contributed by atoms with van der Waals surface area (Å²) < 4.78 is 9.63. The predicted molar refractivity (Wildman–Crippen MR) is 106 cm³/mol. The quantitative estimate of drug-likeness (QED) is 0.667. The second kappa shape index (κ2) is 7.56. The van der Waals surface area contributed by atoms with Gasteiger partial charge in [-0.1, -0.05) is 13.8 Å². The number of hydrogen-bond donors (Lipinski definition) is 0. The lowest BCUT2D eigenvalue weighted by Gasteiger charge is -2.26. The van der Waals surface area contributed by atoms with Gasteiger partial charge in [-0.05, 0) is 31.7 Å². The largest absolute Gasteiger partial charge is 0.379 e. The Kier molecular flexibility index (Phi) is 5.14. The molecule has 4 rings (SSSR count). The highest BCUT2D eigenvalue weighted by Crippen LogP contribution is 2.27. The van der Waals surface area contributed by atoms with Crippen LogP contribution in [-0.2, 0) is 17.7 Å². The number of aryl methyl sites for hydroxylation is 2. The highest BCUT2D eigenvalue weighted by Gasteiger charge is 2.18. The van der Waals surface area contributed by atoms with Gasteiger partial charge < -0.3 is 9.30 Å². The zero-order valence-electron chi connectivity index (χ0n) is 16.9. The van der Waals surface area contributed by atoms with Crippen molar-refractivity contribution >= 4 is 16.7 Å². The van der Waals surface area contributed by atoms with Crippen LogP contribution in [0.3, 0.4) is 0 Å². The van der Waals surface area contributed by atoms with Crippen LogP contribution in [0.1, 0.15) is 37.4 Å². The maximum Gasteiger partial charge on any atom is 0.168 e. The number of ether oxygens (including phenoxy) is 1. The van der Waals surface area contributed by atoms with Gasteiger partial charge in [-0.2, -0.15) is 0 Å². The molecule has 0 aliphatic carbocycles. The summed E-state index contributed by atoms with van der Waals surface area (Å²) in [5.74, 6) is 1.44. The van der Waals surface area contributed by atoms with Crippen molar-refractivity contribution in [3.05, 3.63) is 23.4 Å². The van der Waals surface area contributed by atoms with Crippen molar-refractivity contribution in [1.82, 2.24) is 29.0 Å². The van der Waals surface area contributed by atoms with E-state index in [1.54, 1.807) is 0 Å². The zero-order valence-corrected chi connectivity index (χ0v) is 16.9. The molecule has 0 bridgehead atoms. The molecule has 27 heavy (non-hydrogen) atoms. The number of rotatable bonds is 6. The monoisotopic (exact) mass is 370 g/mol. The summed E-state index contributed by atoms with van der Waals surface area (Å²) in [6.07, 6.45) is 3.81. The van der Waals surface area contributed by atoms with Gasteiger partial charge in [0.15, 0.2) is 11.5 Å². The molecular formula is C20H30N6O. The van der Waals surface area contributed by atoms with Crippen LogP contribution in [0.15, 0.2) is 6.33 Å². The van der Waals surface area contributed by atoms with Crippen LogP contribution in [0.4, 0.5) is 0 Å². The number of aromatic nitrogens is 5. The van der Waals surface area contributed by atoms with Gasteiger partial charge in [-0.25, -0.2) is 14.5 Å². The van der Waals surface area contributed by atoms with Crippen molar-refractivity contribution in [1.29, 1.82) is 0 Å². The van der Waals surface area contributed by atoms with E-state index in [0.29, 0.717) is 5.92 Å². The fraction of sp³-hybridized carbons (Fsp3) is 0.650. The van der Waals surface area contributed by atoms with Gasteiger partial charge in [0.25, 0.3) is 0 Å². The number of hydrogen-bond acceptors (Lipinski definition) is 5. The van der Waals surface area contributed by atoms with Gasteiger partial charge in [0, 0.05) is 38.3 Å². The Labute approximate surface area is 160 Å². The maximum absolute atomic E-state index is 5.44. The van der Waals surface area contributed by atoms with Crippen molar-refractivity contribution in [2.24, 2.45) is 5.92 Å². The van der Waals surface area contributed by atoms with Gasteiger partial charge >= 0.3 is 0 Å². The molecule has 1 aliphatic rings. The third-order valence-electron chi connectivity index (χ3n) is 5.54. The minimum Gasteiger partial charge on any atom is -0.379 e. The molecule has 0 N–H and O–H groups in total. The summed E-state index contributed by atoms with van der Waals surface area (Å²) in [6, 6.07) is 0. The Hall–Kier alpha value is -1.99. The molecule has 7 nitrogen and oxygen atoms in total. The molecule has 1 saturated heterocycles. The van der Waals surface area contributed by atoms with E-state index in [0.717, 1.165) is 74.7 Å². The molecule has 4 heterocycles. The van der Waals surface area contributed by atoms with E-state index < -0.39 is 0 Å². The highest BCUT2D eigenvalue weighted by molar-refractivity contribution is 5.93. The standard InChI is InChI=1S/C20H30N6O/c1-14(2)12-17-22-20-18-15(3)16(4)25(19(18)21-13-26(20)23-17)7-5-6-24-8-10-27-11-9-24/h13-14H,5-12H2,1-4H3. The first-order valence-electron chi connectivity index (χ1n) is 10.0. The third-order valence-corrected chi connectivity index (χ3v) is 5.54. The molecule has 3 aromatic rings. The average Bonchev–Trinajstić information content (AvgIpc) is 3.15. The second-order valence-corrected chi connectivity index (χ2v) is 8.01. The highest BCUT2D eigenvalue weighted by atomic mass is 16.5. The van der Waals surface area contributed by atoms with Crippen LogP contribution in [0.25, 0.3) is 16.7 Å². The van der Waals surface area contributed by atoms with E-state index in [-0.39, 0.29) is 0 Å². The topological polar surface area (TPSA) is 60.5 Å². The fourth-order valence-corrected chi connectivity index (χ4v) is 3.98. The summed E-state index contributed by atoms with van der Waals surface area (Å²) in [6.45, 7) is 14.6. The molecule has 1 aliphatic heterocycles. The van der Waals surface area contributed by atoms with E-state index in [1.807, 2.05) is 10.8 Å². The molecular weight excluding hydrogens is 340 g/mol. The van der Waals surface area contributed by atoms with Crippen LogP contribution in [0.5, 0.6) is 0 Å². The Bertz CT molecular complexity index is 935. The Morgan fingerprint density at radius 3 is 2.63 bits per heavy atom. The summed E-state index contributed by atoms with van der Waals surface area (Å²) in [4.78, 5) is 12.1. The second-order valence-electron chi connectivity index (χ2n) is 8.01. The summed E-state index contributed by atoms with van der Waals surface area (Å²) >= 11 is 0. The average molecular weight is 371 g/mol. The van der Waals surface area contributed by atoms with Crippen LogP contribution in [0.2, 0.25) is 0 Å². The molecule has 0 atom stereocenters. The van der Waals surface area contributed by atoms with E-state index >= 15 is 0 Å². The molecule has 7 heteroatoms. The van der Waals surface area contributed by atoms with Crippen molar-refractivity contribution < 1.29 is 4.74 Å². The smallest absolute Gasteiger partial charge is 0.168 e. The molecule has 0 radical (unpaired) electrons. The zero-order chi connectivity index (χ0) is 19.0. The lowest BCUT2D eigenvalue weighted by molar-refractivity contribution is 0.0369. The van der Waals surface area contributed by atoms with E-state index in [2.05, 4.69) is 42.3 Å². The van der Waals surface area contributed by atoms with Gasteiger partial charge in [-0.3, -0.25) is 4.90 Å². The molecule has 0 unspecified atom stereocenters. The Morgan fingerprint density at radius 1 is 1.11 bits per heavy atom. The summed E-state index contributed by atoms with van der Waals surface area (Å²) in [5, 5.41) is 5.76. The lowest BCUT2D eigenvalue weighted by Crippen LogP contribution is -2.37. The van der Waals surface area contributed by atoms with Crippen molar-refractivity contribution in [3.8, 4) is 0 Å². The van der Waals surface area contributed by atoms with Crippen LogP contribution < -0.4 is 0 Å². The first-order valence-corrected chi connectivity index (χ1v) is 10.0. The Morgan fingerprint density at radius 2 is 1.89 bits per heavy atom. The normalized spacial score (nSPS) is 16.2. The fourth-order valence-electron chi connectivity index (χ4n) is 3.98. The van der Waals surface area contributed by atoms with Gasteiger partial charge in [0.05, 0.1) is 18.6 Å². The minimum atomic E-state index is 0.540. The molecule has 0 amide bonds. The number of fused-ring (bicyclic) bond motifs is 3. The lowest BCUT2D eigenvalue weighted by atomic mass is 10.1. The summed E-state index contributed by atoms with van der Waals surface area (Å²) in [5.41, 5.74) is 4.50. The van der Waals surface area contributed by atoms with Crippen LogP contribution in [0, 0.1) is 19.8 Å². The van der Waals surface area contributed by atoms with E-state index in [9.17, 15) is 0 Å². The Balaban J connectivity index is 1.62. The van der Waals surface area contributed by atoms with Crippen molar-refractivity contribution in [2.45, 2.75) is 47.1 Å². The molecule has 1 fully saturated rings. The molecule has 0 spiro atoms. The van der Waals surface area contributed by atoms with Crippen LogP contribution in [-0.4, -0.2) is 61.9 Å². The first kappa shape index (κ1) is 18.4. The van der Waals surface area contributed by atoms with Crippen molar-refractivity contribution in [2.75, 3.05) is 32.8 Å². The molecule has 146 valence electrons. The van der Waals surface area contributed by atoms with Gasteiger partial charge in [0.2, 0.25) is 0 Å². The number of morpholine rings is 1. The van der Waals surface area contributed by atoms with E-state index in [4.69, 9.17) is 14.7 Å². The number of nitrogens with zero attached hydrogens (tertiary/aromatic N) is 6. The first-order chi connectivity index (χ1) is 13.0. The SMILES string of the molecule is Cc1c(C)n(CCCN2CCOCC2)c2ncn3nc(CC(C)C)nc3c12. The predicted octanol–water partition coefficient (Wildman–Crippen LogP) is 2.62. The van der Waals surface area contributed by atoms with E-state index in [1.165, 1.54) is 11.3 Å². The maximum atomic E-state index is 5.44. The summed E-state index contributed by atoms with van der Waals surface area (Å²) in [7, 11) is 0. The molecule has 0 saturated carbocycles. The van der Waals surface area contributed by atoms with Crippen LogP contribution >= 0.6 is 0 Å². The molecule has 3 aromatic heterocycles. The van der Waals surface area contributed by atoms with Gasteiger partial charge in [0.1, 0.15) is 12.0 Å².